The molecule has 2 N–H and O–H groups in total. The average Bonchev–Trinajstić information content (AvgIpc) is 2.33. The number of amides is 1. The summed E-state index contributed by atoms with van der Waals surface area (Å²) in [5, 5.41) is 0. The number of nitrogen functional groups attached to an aromatic ring is 1. The van der Waals surface area contributed by atoms with Gasteiger partial charge >= 0.3 is 0 Å². The van der Waals surface area contributed by atoms with Gasteiger partial charge in [0.2, 0.25) is 5.91 Å². The number of carbonyl (C=O) groups excluding carboxylic acids is 1. The summed E-state index contributed by atoms with van der Waals surface area (Å²) in [6.45, 7) is -0.693. The summed E-state index contributed by atoms with van der Waals surface area (Å²) >= 11 is 3.27. The highest BCUT2D eigenvalue weighted by Crippen LogP contribution is 2.26. The molecule has 0 aliphatic carbocycles. The fraction of sp³-hybridized carbons (Fsp3) is 0.417. The molecule has 0 heterocycles. The van der Waals surface area contributed by atoms with Gasteiger partial charge in [0, 0.05) is 11.5 Å². The Balaban J connectivity index is 2.52. The van der Waals surface area contributed by atoms with Gasteiger partial charge in [0.1, 0.15) is 6.61 Å². The lowest BCUT2D eigenvalue weighted by atomic mass is 10.2. The van der Waals surface area contributed by atoms with E-state index in [0.29, 0.717) is 11.4 Å². The quantitative estimate of drug-likeness (QED) is 0.641. The number of anilines is 2. The standard InChI is InChI=1S/C12H15BrF2N2O2/c1-17(10-3-2-8(13)6-9(10)16)12(18)4-5-19-7-11(14)15/h2-3,6,11H,4-5,7,16H2,1H3. The molecule has 0 atom stereocenters. The van der Waals surface area contributed by atoms with Crippen molar-refractivity contribution < 1.29 is 18.3 Å². The van der Waals surface area contributed by atoms with Gasteiger partial charge in [0.25, 0.3) is 6.43 Å². The summed E-state index contributed by atoms with van der Waals surface area (Å²) in [6.07, 6.45) is -2.49. The molecule has 7 heteroatoms. The Morgan fingerprint density at radius 1 is 1.53 bits per heavy atom. The molecule has 4 nitrogen and oxygen atoms in total. The fourth-order valence-corrected chi connectivity index (χ4v) is 1.84. The number of benzene rings is 1. The van der Waals surface area contributed by atoms with Crippen LogP contribution in [-0.2, 0) is 9.53 Å². The van der Waals surface area contributed by atoms with E-state index >= 15 is 0 Å². The van der Waals surface area contributed by atoms with Crippen LogP contribution in [0.15, 0.2) is 22.7 Å². The van der Waals surface area contributed by atoms with Crippen molar-refractivity contribution in [1.82, 2.24) is 0 Å². The minimum Gasteiger partial charge on any atom is -0.397 e. The van der Waals surface area contributed by atoms with Crippen molar-refractivity contribution in [2.45, 2.75) is 12.8 Å². The Morgan fingerprint density at radius 3 is 2.79 bits per heavy atom. The number of hydrogen-bond donors (Lipinski definition) is 1. The van der Waals surface area contributed by atoms with E-state index in [1.54, 1.807) is 25.2 Å². The molecule has 0 aromatic heterocycles. The van der Waals surface area contributed by atoms with E-state index in [0.717, 1.165) is 4.47 Å². The number of hydrogen-bond acceptors (Lipinski definition) is 3. The molecular formula is C12H15BrF2N2O2. The third kappa shape index (κ3) is 5.12. The fourth-order valence-electron chi connectivity index (χ4n) is 1.46. The number of alkyl halides is 2. The molecule has 0 aliphatic heterocycles. The van der Waals surface area contributed by atoms with Gasteiger partial charge in [-0.2, -0.15) is 0 Å². The Morgan fingerprint density at radius 2 is 2.21 bits per heavy atom. The number of nitrogens with two attached hydrogens (primary N) is 1. The minimum atomic E-state index is -2.52. The summed E-state index contributed by atoms with van der Waals surface area (Å²) in [6, 6.07) is 5.16. The minimum absolute atomic E-state index is 0.0265. The van der Waals surface area contributed by atoms with Crippen LogP contribution in [-0.4, -0.2) is 32.6 Å². The predicted molar refractivity (Wildman–Crippen MR) is 73.4 cm³/mol. The molecule has 0 fully saturated rings. The first-order valence-corrected chi connectivity index (χ1v) is 6.38. The van der Waals surface area contributed by atoms with Crippen LogP contribution in [0.5, 0.6) is 0 Å². The maximum atomic E-state index is 11.8. The highest BCUT2D eigenvalue weighted by atomic mass is 79.9. The lowest BCUT2D eigenvalue weighted by Crippen LogP contribution is -2.28. The average molecular weight is 337 g/mol. The van der Waals surface area contributed by atoms with Gasteiger partial charge in [0.05, 0.1) is 24.4 Å². The van der Waals surface area contributed by atoms with Crippen molar-refractivity contribution >= 4 is 33.2 Å². The Hall–Kier alpha value is -1.21. The summed E-state index contributed by atoms with van der Waals surface area (Å²) in [4.78, 5) is 13.2. The molecule has 0 saturated heterocycles. The van der Waals surface area contributed by atoms with Crippen molar-refractivity contribution in [3.8, 4) is 0 Å². The van der Waals surface area contributed by atoms with Crippen LogP contribution >= 0.6 is 15.9 Å². The van der Waals surface area contributed by atoms with Gasteiger partial charge in [-0.05, 0) is 18.2 Å². The van der Waals surface area contributed by atoms with Crippen molar-refractivity contribution in [2.75, 3.05) is 30.9 Å². The van der Waals surface area contributed by atoms with E-state index < -0.39 is 13.0 Å². The van der Waals surface area contributed by atoms with Crippen LogP contribution in [0.4, 0.5) is 20.2 Å². The Labute approximate surface area is 118 Å². The molecular weight excluding hydrogens is 322 g/mol. The lowest BCUT2D eigenvalue weighted by molar-refractivity contribution is -0.119. The van der Waals surface area contributed by atoms with Crippen LogP contribution in [0, 0.1) is 0 Å². The monoisotopic (exact) mass is 336 g/mol. The number of halogens is 3. The van der Waals surface area contributed by atoms with Crippen LogP contribution in [0.3, 0.4) is 0 Å². The molecule has 0 spiro atoms. The molecule has 1 rings (SSSR count). The maximum absolute atomic E-state index is 11.8. The smallest absolute Gasteiger partial charge is 0.261 e. The van der Waals surface area contributed by atoms with Crippen LogP contribution in [0.25, 0.3) is 0 Å². The zero-order valence-electron chi connectivity index (χ0n) is 10.4. The second-order valence-electron chi connectivity index (χ2n) is 3.87. The highest BCUT2D eigenvalue weighted by molar-refractivity contribution is 9.10. The molecule has 0 radical (unpaired) electrons. The molecule has 0 bridgehead atoms. The summed E-state index contributed by atoms with van der Waals surface area (Å²) in [5.74, 6) is -0.247. The van der Waals surface area contributed by atoms with E-state index in [9.17, 15) is 13.6 Å². The molecule has 1 amide bonds. The van der Waals surface area contributed by atoms with E-state index in [4.69, 9.17) is 5.73 Å². The first-order valence-electron chi connectivity index (χ1n) is 5.59. The molecule has 0 unspecified atom stereocenters. The van der Waals surface area contributed by atoms with Crippen LogP contribution in [0.1, 0.15) is 6.42 Å². The molecule has 1 aromatic rings. The topological polar surface area (TPSA) is 55.6 Å². The van der Waals surface area contributed by atoms with Crippen LogP contribution in [0.2, 0.25) is 0 Å². The largest absolute Gasteiger partial charge is 0.397 e. The summed E-state index contributed by atoms with van der Waals surface area (Å²) < 4.78 is 29.1. The van der Waals surface area contributed by atoms with Gasteiger partial charge < -0.3 is 15.4 Å². The molecule has 0 aliphatic rings. The second-order valence-corrected chi connectivity index (χ2v) is 4.79. The van der Waals surface area contributed by atoms with Crippen molar-refractivity contribution in [2.24, 2.45) is 0 Å². The van der Waals surface area contributed by atoms with Gasteiger partial charge in [-0.25, -0.2) is 8.78 Å². The Kier molecular flexibility index (Phi) is 6.17. The third-order valence-corrected chi connectivity index (χ3v) is 2.92. The maximum Gasteiger partial charge on any atom is 0.261 e. The summed E-state index contributed by atoms with van der Waals surface area (Å²) in [5.41, 5.74) is 6.83. The van der Waals surface area contributed by atoms with E-state index in [-0.39, 0.29) is 18.9 Å². The van der Waals surface area contributed by atoms with E-state index in [2.05, 4.69) is 20.7 Å². The number of rotatable bonds is 6. The van der Waals surface area contributed by atoms with Crippen molar-refractivity contribution in [3.63, 3.8) is 0 Å². The SMILES string of the molecule is CN(C(=O)CCOCC(F)F)c1ccc(Br)cc1N. The van der Waals surface area contributed by atoms with Crippen LogP contribution < -0.4 is 10.6 Å². The lowest BCUT2D eigenvalue weighted by Gasteiger charge is -2.19. The first kappa shape index (κ1) is 15.8. The Bertz CT molecular complexity index is 444. The zero-order valence-corrected chi connectivity index (χ0v) is 12.0. The molecule has 0 saturated carbocycles. The van der Waals surface area contributed by atoms with Crippen molar-refractivity contribution in [1.29, 1.82) is 0 Å². The highest BCUT2D eigenvalue weighted by Gasteiger charge is 2.14. The molecule has 19 heavy (non-hydrogen) atoms. The number of ether oxygens (including phenoxy) is 1. The number of nitrogens with zero attached hydrogens (tertiary/aromatic N) is 1. The van der Waals surface area contributed by atoms with Gasteiger partial charge in [0.15, 0.2) is 0 Å². The summed E-state index contributed by atoms with van der Waals surface area (Å²) in [7, 11) is 1.58. The zero-order chi connectivity index (χ0) is 14.4. The van der Waals surface area contributed by atoms with Gasteiger partial charge in [-0.1, -0.05) is 15.9 Å². The molecule has 106 valence electrons. The van der Waals surface area contributed by atoms with E-state index in [1.165, 1.54) is 4.90 Å². The first-order chi connectivity index (χ1) is 8.91. The molecule has 1 aromatic carbocycles. The normalized spacial score (nSPS) is 10.8. The second kappa shape index (κ2) is 7.40. The predicted octanol–water partition coefficient (Wildman–Crippen LogP) is 2.67. The van der Waals surface area contributed by atoms with Gasteiger partial charge in [-0.3, -0.25) is 4.79 Å². The third-order valence-electron chi connectivity index (χ3n) is 2.43. The van der Waals surface area contributed by atoms with Gasteiger partial charge in [-0.15, -0.1) is 0 Å². The van der Waals surface area contributed by atoms with Crippen molar-refractivity contribution in [3.05, 3.63) is 22.7 Å². The number of carbonyl (C=O) groups is 1. The van der Waals surface area contributed by atoms with E-state index in [1.807, 2.05) is 0 Å².